The molecule has 0 spiro atoms. The molecule has 196 valence electrons. The first-order chi connectivity index (χ1) is 15.7. The van der Waals surface area contributed by atoms with E-state index in [2.05, 4.69) is 0 Å². The van der Waals surface area contributed by atoms with Crippen molar-refractivity contribution in [2.24, 2.45) is 17.8 Å². The van der Waals surface area contributed by atoms with Gasteiger partial charge in [-0.3, -0.25) is 15.0 Å². The van der Waals surface area contributed by atoms with E-state index in [9.17, 15) is 9.59 Å². The van der Waals surface area contributed by atoms with Gasteiger partial charge in [0.1, 0.15) is 6.10 Å². The van der Waals surface area contributed by atoms with Crippen molar-refractivity contribution in [2.45, 2.75) is 102 Å². The quantitative estimate of drug-likeness (QED) is 0.226. The van der Waals surface area contributed by atoms with Crippen molar-refractivity contribution in [2.75, 3.05) is 0 Å². The number of rotatable bonds is 6. The molecule has 0 radical (unpaired) electrons. The molecule has 0 saturated carbocycles. The van der Waals surface area contributed by atoms with Crippen LogP contribution in [0, 0.1) is 23.2 Å². The predicted molar refractivity (Wildman–Crippen MR) is 126 cm³/mol. The predicted octanol–water partition coefficient (Wildman–Crippen LogP) is 4.39. The number of carbonyl (C=O) groups excluding carboxylic acids is 2. The van der Waals surface area contributed by atoms with Gasteiger partial charge in [-0.1, -0.05) is 62.5 Å². The van der Waals surface area contributed by atoms with E-state index in [1.165, 1.54) is 13.8 Å². The van der Waals surface area contributed by atoms with E-state index in [1.807, 2.05) is 27.7 Å². The minimum absolute atomic E-state index is 0.0584. The van der Waals surface area contributed by atoms with Crippen molar-refractivity contribution in [3.63, 3.8) is 0 Å². The van der Waals surface area contributed by atoms with Gasteiger partial charge >= 0.3 is 11.9 Å². The summed E-state index contributed by atoms with van der Waals surface area (Å²) >= 11 is 17.3. The molecule has 2 aliphatic heterocycles. The van der Waals surface area contributed by atoms with Crippen LogP contribution in [0.15, 0.2) is 0 Å². The minimum atomic E-state index is -2.14. The van der Waals surface area contributed by atoms with Crippen LogP contribution < -0.4 is 0 Å². The molecule has 0 aromatic carbocycles. The van der Waals surface area contributed by atoms with Crippen LogP contribution in [0.25, 0.3) is 0 Å². The van der Waals surface area contributed by atoms with E-state index in [1.54, 1.807) is 6.92 Å². The van der Waals surface area contributed by atoms with Gasteiger partial charge in [0.2, 0.25) is 12.2 Å². The Hall–Kier alpha value is -0.840. The van der Waals surface area contributed by atoms with E-state index in [4.69, 9.17) is 68.6 Å². The first-order valence-electron chi connectivity index (χ1n) is 11.3. The number of hydrogen-bond acceptors (Lipinski definition) is 9. The zero-order valence-corrected chi connectivity index (χ0v) is 22.6. The van der Waals surface area contributed by atoms with Crippen LogP contribution in [0.1, 0.15) is 54.9 Å². The van der Waals surface area contributed by atoms with Gasteiger partial charge in [0, 0.05) is 25.7 Å². The summed E-state index contributed by atoms with van der Waals surface area (Å²) in [6.45, 7) is 12.2. The molecule has 0 aromatic heterocycles. The molecule has 0 aromatic rings. The van der Waals surface area contributed by atoms with Crippen LogP contribution in [-0.2, 0) is 38.0 Å². The fourth-order valence-electron chi connectivity index (χ4n) is 4.27. The number of halogens is 3. The Morgan fingerprint density at radius 1 is 0.824 bits per heavy atom. The zero-order valence-electron chi connectivity index (χ0n) is 20.4. The van der Waals surface area contributed by atoms with Crippen LogP contribution in [0.5, 0.6) is 0 Å². The van der Waals surface area contributed by atoms with Gasteiger partial charge in [-0.05, 0) is 19.3 Å². The van der Waals surface area contributed by atoms with Crippen molar-refractivity contribution in [3.05, 3.63) is 0 Å². The van der Waals surface area contributed by atoms with Gasteiger partial charge in [0.05, 0.1) is 12.2 Å². The van der Waals surface area contributed by atoms with E-state index in [0.29, 0.717) is 0 Å². The number of esters is 2. The zero-order chi connectivity index (χ0) is 26.0. The maximum Gasteiger partial charge on any atom is 0.303 e. The molecule has 2 fully saturated rings. The van der Waals surface area contributed by atoms with Crippen molar-refractivity contribution in [1.29, 1.82) is 5.41 Å². The van der Waals surface area contributed by atoms with Crippen molar-refractivity contribution in [3.8, 4) is 0 Å². The third-order valence-electron chi connectivity index (χ3n) is 6.50. The van der Waals surface area contributed by atoms with Crippen LogP contribution in [0.2, 0.25) is 0 Å². The van der Waals surface area contributed by atoms with Crippen molar-refractivity contribution >= 4 is 52.6 Å². The van der Waals surface area contributed by atoms with Crippen LogP contribution in [0.3, 0.4) is 0 Å². The summed E-state index contributed by atoms with van der Waals surface area (Å²) in [6.07, 6.45) is -4.65. The van der Waals surface area contributed by atoms with E-state index >= 15 is 0 Å². The highest BCUT2D eigenvalue weighted by atomic mass is 35.6. The molecule has 2 heterocycles. The molecule has 12 heteroatoms. The second-order valence-electron chi connectivity index (χ2n) is 8.93. The molecule has 0 amide bonds. The molecule has 2 rings (SSSR count). The average Bonchev–Trinajstić information content (AvgIpc) is 2.72. The van der Waals surface area contributed by atoms with E-state index in [0.717, 1.165) is 6.42 Å². The van der Waals surface area contributed by atoms with E-state index < -0.39 is 58.6 Å². The molecular formula is C22H34Cl3NO8. The second-order valence-corrected chi connectivity index (χ2v) is 11.2. The highest BCUT2D eigenvalue weighted by Crippen LogP contribution is 2.39. The summed E-state index contributed by atoms with van der Waals surface area (Å²) in [4.78, 5) is 23.8. The van der Waals surface area contributed by atoms with Gasteiger partial charge in [-0.2, -0.15) is 0 Å². The summed E-state index contributed by atoms with van der Waals surface area (Å²) in [5.41, 5.74) is 0. The fourth-order valence-corrected chi connectivity index (χ4v) is 4.41. The standard InChI is InChI=1S/C22H34Cl3NO8/c1-8-15-9(2)10(3)17(30-13(6)27)19(32-15)33-16-11(4)12(5)29-20(18(16)31-14(7)28)34-21(26)22(23,24)25/h9-12,15-20,26H,8H2,1-7H3/t9-,10-,11-,12?,15?,16-,17?,18?,19-,20?/m0/s1. The highest BCUT2D eigenvalue weighted by Gasteiger charge is 2.52. The number of alkyl halides is 3. The lowest BCUT2D eigenvalue weighted by Crippen LogP contribution is -2.60. The number of carbonyl (C=O) groups is 2. The fraction of sp³-hybridized carbons (Fsp3) is 0.864. The van der Waals surface area contributed by atoms with Gasteiger partial charge in [-0.15, -0.1) is 0 Å². The van der Waals surface area contributed by atoms with Crippen LogP contribution >= 0.6 is 34.8 Å². The lowest BCUT2D eigenvalue weighted by molar-refractivity contribution is -0.334. The number of nitrogens with one attached hydrogen (secondary N) is 1. The van der Waals surface area contributed by atoms with Gasteiger partial charge < -0.3 is 28.4 Å². The average molecular weight is 547 g/mol. The maximum atomic E-state index is 11.9. The summed E-state index contributed by atoms with van der Waals surface area (Å²) in [6, 6.07) is 0. The molecule has 1 N–H and O–H groups in total. The molecule has 2 aliphatic rings. The van der Waals surface area contributed by atoms with Gasteiger partial charge in [0.25, 0.3) is 3.79 Å². The normalized spacial score (nSPS) is 38.6. The minimum Gasteiger partial charge on any atom is -0.457 e. The SMILES string of the molecule is CCC1O[C@@H](O[C@@H]2C(OC(C)=O)C(OC(=N)C(Cl)(Cl)Cl)OC(C)[C@@H]2C)C(OC(C)=O)[C@@H](C)[C@@H]1C. The lowest BCUT2D eigenvalue weighted by Gasteiger charge is -2.48. The Labute approximate surface area is 215 Å². The highest BCUT2D eigenvalue weighted by molar-refractivity contribution is 6.76. The summed E-state index contributed by atoms with van der Waals surface area (Å²) in [5.74, 6) is -2.02. The molecule has 2 saturated heterocycles. The van der Waals surface area contributed by atoms with Crippen molar-refractivity contribution in [1.82, 2.24) is 0 Å². The Kier molecular flexibility index (Phi) is 10.3. The topological polar surface area (TPSA) is 113 Å². The molecule has 0 bridgehead atoms. The molecule has 9 nitrogen and oxygen atoms in total. The number of ether oxygens (including phenoxy) is 6. The Morgan fingerprint density at radius 3 is 1.88 bits per heavy atom. The van der Waals surface area contributed by atoms with Gasteiger partial charge in [0.15, 0.2) is 18.5 Å². The van der Waals surface area contributed by atoms with Crippen molar-refractivity contribution < 1.29 is 38.0 Å². The Morgan fingerprint density at radius 2 is 1.38 bits per heavy atom. The largest absolute Gasteiger partial charge is 0.457 e. The first-order valence-corrected chi connectivity index (χ1v) is 12.4. The number of hydrogen-bond donors (Lipinski definition) is 1. The molecular weight excluding hydrogens is 513 g/mol. The second kappa shape index (κ2) is 11.9. The van der Waals surface area contributed by atoms with E-state index in [-0.39, 0.29) is 23.9 Å². The van der Waals surface area contributed by atoms with Gasteiger partial charge in [-0.25, -0.2) is 0 Å². The molecule has 34 heavy (non-hydrogen) atoms. The molecule has 0 aliphatic carbocycles. The maximum absolute atomic E-state index is 11.9. The summed E-state index contributed by atoms with van der Waals surface area (Å²) in [5, 5.41) is 7.93. The summed E-state index contributed by atoms with van der Waals surface area (Å²) in [7, 11) is 0. The Balaban J connectivity index is 2.38. The Bertz CT molecular complexity index is 748. The van der Waals surface area contributed by atoms with Crippen LogP contribution in [0.4, 0.5) is 0 Å². The third kappa shape index (κ3) is 7.11. The smallest absolute Gasteiger partial charge is 0.303 e. The van der Waals surface area contributed by atoms with Crippen LogP contribution in [-0.4, -0.2) is 64.7 Å². The molecule has 10 atom stereocenters. The third-order valence-corrected chi connectivity index (χ3v) is 7.01. The lowest BCUT2D eigenvalue weighted by atomic mass is 9.82. The molecule has 5 unspecified atom stereocenters. The monoisotopic (exact) mass is 545 g/mol. The summed E-state index contributed by atoms with van der Waals surface area (Å²) < 4.78 is 32.9. The first kappa shape index (κ1) is 29.4.